The molecule has 770 valence electrons. The lowest BCUT2D eigenvalue weighted by Crippen LogP contribution is -2.69. The fourth-order valence-corrected chi connectivity index (χ4v) is 19.7. The summed E-state index contributed by atoms with van der Waals surface area (Å²) >= 11 is 0. The third kappa shape index (κ3) is 26.9. The van der Waals surface area contributed by atoms with Crippen molar-refractivity contribution in [2.75, 3.05) is 146 Å². The van der Waals surface area contributed by atoms with Crippen molar-refractivity contribution in [2.24, 2.45) is 0 Å². The third-order valence-corrected chi connectivity index (χ3v) is 26.4. The van der Waals surface area contributed by atoms with Gasteiger partial charge < -0.3 is 166 Å². The Morgan fingerprint density at radius 1 is 0.150 bits per heavy atom. The molecule has 35 nitrogen and oxygen atoms in total. The zero-order valence-corrected chi connectivity index (χ0v) is 82.1. The van der Waals surface area contributed by atoms with Crippen LogP contribution in [-0.4, -0.2) is 361 Å². The zero-order valence-electron chi connectivity index (χ0n) is 82.1. The standard InChI is InChI=1S/C105H140O35/c1-106-57-71-78-85(120-50-64-36-22-15-23-37-64)92(113-8)99(127-71)135-79-72(58-107-2)129-101(94(115-10)86(79)121-51-65-38-24-16-25-39-65)137-81-74(60-109-4)131-103(96(117-12)88(81)123-53-67-42-28-18-29-43-67)139-83-76(62-111-6)133-105(98(119-14)90(83)125-55-69-46-32-20-33-47-69)140-84-77(63-112-7)132-104(97(118-13)91(84)126-56-70-48-34-21-35-49-70)138-82-75(61-110-5)130-102(95(116-11)89(82)124-54-68-44-30-19-31-45-68)136-80-73(59-108-3)128-100(134-78)93(114-9)87(80)122-52-66-40-26-17-27-41-66/h15-49,71-105H,50-63H2,1-14H3/t71-,72-,73-,74-,75-,76-,77-,78-,79-,80-,81-,82-,83-,84-,85+,86+,87+,88+,89+,90+,91+,92-,93-,94-,95-,96-,97-,98-,99-,100-,101-,102-,103-,104-,105+/m1/s1. The molecule has 21 saturated heterocycles. The number of hydrogen-bond donors (Lipinski definition) is 0. The molecule has 0 unspecified atom stereocenters. The monoisotopic (exact) mass is 1960 g/mol. The highest BCUT2D eigenvalue weighted by atomic mass is 16.8. The summed E-state index contributed by atoms with van der Waals surface area (Å²) in [5.41, 5.74) is 5.77. The minimum absolute atomic E-state index is 0.0417. The lowest BCUT2D eigenvalue weighted by Gasteiger charge is -2.53. The van der Waals surface area contributed by atoms with Crippen LogP contribution in [0.2, 0.25) is 0 Å². The molecule has 21 heterocycles. The van der Waals surface area contributed by atoms with E-state index in [1.807, 2.05) is 212 Å². The highest BCUT2D eigenvalue weighted by molar-refractivity contribution is 5.21. The number of rotatable bonds is 42. The maximum Gasteiger partial charge on any atom is 0.187 e. The van der Waals surface area contributed by atoms with Crippen LogP contribution in [0.1, 0.15) is 38.9 Å². The molecule has 0 amide bonds. The van der Waals surface area contributed by atoms with Crippen LogP contribution in [-0.2, 0) is 212 Å². The summed E-state index contributed by atoms with van der Waals surface area (Å²) in [5, 5.41) is 0. The molecular formula is C105H140O35. The summed E-state index contributed by atoms with van der Waals surface area (Å²) in [7, 11) is 21.7. The Bertz CT molecular complexity index is 3770. The van der Waals surface area contributed by atoms with Gasteiger partial charge in [-0.3, -0.25) is 0 Å². The number of ether oxygens (including phenoxy) is 35. The second-order valence-corrected chi connectivity index (χ2v) is 35.4. The Morgan fingerprint density at radius 3 is 0.364 bits per heavy atom. The molecule has 21 aliphatic heterocycles. The van der Waals surface area contributed by atoms with Gasteiger partial charge in [0.05, 0.1) is 92.5 Å². The van der Waals surface area contributed by atoms with Crippen molar-refractivity contribution in [2.45, 2.75) is 261 Å². The van der Waals surface area contributed by atoms with E-state index in [1.165, 1.54) is 0 Å². The van der Waals surface area contributed by atoms with Gasteiger partial charge in [0.25, 0.3) is 0 Å². The smallest absolute Gasteiger partial charge is 0.187 e. The fourth-order valence-electron chi connectivity index (χ4n) is 19.7. The van der Waals surface area contributed by atoms with Crippen LogP contribution < -0.4 is 0 Å². The molecule has 0 spiro atoms. The van der Waals surface area contributed by atoms with Crippen LogP contribution in [0.4, 0.5) is 0 Å². The first-order valence-corrected chi connectivity index (χ1v) is 47.7. The van der Waals surface area contributed by atoms with Crippen LogP contribution in [0.25, 0.3) is 0 Å². The van der Waals surface area contributed by atoms with Crippen LogP contribution in [0.3, 0.4) is 0 Å². The van der Waals surface area contributed by atoms with Gasteiger partial charge in [-0.15, -0.1) is 0 Å². The Hall–Kier alpha value is -6.86. The molecule has 7 aromatic rings. The van der Waals surface area contributed by atoms with Crippen LogP contribution >= 0.6 is 0 Å². The summed E-state index contributed by atoms with van der Waals surface area (Å²) in [5.74, 6) is 0. The molecule has 0 aliphatic carbocycles. The fraction of sp³-hybridized carbons (Fsp3) is 0.600. The van der Waals surface area contributed by atoms with Crippen molar-refractivity contribution < 1.29 is 166 Å². The first kappa shape index (κ1) is 107. The first-order valence-electron chi connectivity index (χ1n) is 47.7. The normalized spacial score (nSPS) is 35.6. The highest BCUT2D eigenvalue weighted by Crippen LogP contribution is 2.45. The predicted octanol–water partition coefficient (Wildman–Crippen LogP) is 9.50. The largest absolute Gasteiger partial charge is 0.382 e. The second-order valence-electron chi connectivity index (χ2n) is 35.4. The van der Waals surface area contributed by atoms with Gasteiger partial charge in [0.15, 0.2) is 44.0 Å². The molecule has 0 N–H and O–H groups in total. The number of benzene rings is 7. The van der Waals surface area contributed by atoms with E-state index in [4.69, 9.17) is 166 Å². The lowest BCUT2D eigenvalue weighted by atomic mass is 9.94. The molecule has 35 heteroatoms. The van der Waals surface area contributed by atoms with Gasteiger partial charge in [-0.25, -0.2) is 0 Å². The molecule has 7 aromatic carbocycles. The molecule has 0 radical (unpaired) electrons. The summed E-state index contributed by atoms with van der Waals surface area (Å²) in [6, 6.07) is 67.9. The molecule has 21 aliphatic rings. The molecular weight excluding hydrogens is 1820 g/mol. The van der Waals surface area contributed by atoms with E-state index in [2.05, 4.69) is 0 Å². The number of methoxy groups -OCH3 is 14. The van der Waals surface area contributed by atoms with Crippen molar-refractivity contribution in [1.82, 2.24) is 0 Å². The topological polar surface area (TPSA) is 323 Å². The van der Waals surface area contributed by atoms with Gasteiger partial charge in [-0.1, -0.05) is 212 Å². The molecule has 21 fully saturated rings. The Labute approximate surface area is 820 Å². The van der Waals surface area contributed by atoms with E-state index in [0.29, 0.717) is 0 Å². The molecule has 0 aromatic heterocycles. The summed E-state index contributed by atoms with van der Waals surface area (Å²) in [4.78, 5) is 0. The lowest BCUT2D eigenvalue weighted by molar-refractivity contribution is -0.406. The van der Waals surface area contributed by atoms with Crippen molar-refractivity contribution in [1.29, 1.82) is 0 Å². The molecule has 0 saturated carbocycles. The van der Waals surface area contributed by atoms with Crippen molar-refractivity contribution in [3.8, 4) is 0 Å². The minimum atomic E-state index is -1.36. The predicted molar refractivity (Wildman–Crippen MR) is 499 cm³/mol. The maximum atomic E-state index is 7.58. The van der Waals surface area contributed by atoms with E-state index in [-0.39, 0.29) is 92.5 Å². The Kier molecular flexibility index (Phi) is 42.2. The maximum absolute atomic E-state index is 7.58. The van der Waals surface area contributed by atoms with Gasteiger partial charge in [-0.2, -0.15) is 0 Å². The van der Waals surface area contributed by atoms with Crippen molar-refractivity contribution >= 4 is 0 Å². The third-order valence-electron chi connectivity index (χ3n) is 26.4. The van der Waals surface area contributed by atoms with Crippen LogP contribution in [0.5, 0.6) is 0 Å². The average Bonchev–Trinajstić information content (AvgIpc) is 0.776. The Balaban J connectivity index is 0.894. The summed E-state index contributed by atoms with van der Waals surface area (Å²) < 4.78 is 246. The molecule has 14 bridgehead atoms. The second kappa shape index (κ2) is 55.1. The molecule has 140 heavy (non-hydrogen) atoms. The van der Waals surface area contributed by atoms with Gasteiger partial charge in [0, 0.05) is 99.5 Å². The summed E-state index contributed by atoms with van der Waals surface area (Å²) in [6.07, 6.45) is -41.0. The van der Waals surface area contributed by atoms with Crippen LogP contribution in [0, 0.1) is 0 Å². The first-order chi connectivity index (χ1) is 68.8. The summed E-state index contributed by atoms with van der Waals surface area (Å²) in [6.45, 7) is -0.483. The van der Waals surface area contributed by atoms with Crippen molar-refractivity contribution in [3.05, 3.63) is 251 Å². The van der Waals surface area contributed by atoms with E-state index < -0.39 is 215 Å². The molecule has 35 atom stereocenters. The van der Waals surface area contributed by atoms with Crippen molar-refractivity contribution in [3.63, 3.8) is 0 Å². The Morgan fingerprint density at radius 2 is 0.264 bits per heavy atom. The molecule has 28 rings (SSSR count). The minimum Gasteiger partial charge on any atom is -0.382 e. The average molecular weight is 1960 g/mol. The van der Waals surface area contributed by atoms with E-state index in [0.717, 1.165) is 38.9 Å². The quantitative estimate of drug-likeness (QED) is 0.0343. The van der Waals surface area contributed by atoms with E-state index >= 15 is 0 Å². The van der Waals surface area contributed by atoms with Crippen LogP contribution in [0.15, 0.2) is 212 Å². The van der Waals surface area contributed by atoms with Gasteiger partial charge in [0.2, 0.25) is 0 Å². The van der Waals surface area contributed by atoms with Gasteiger partial charge in [-0.05, 0) is 38.9 Å². The van der Waals surface area contributed by atoms with Gasteiger partial charge in [0.1, 0.15) is 171 Å². The van der Waals surface area contributed by atoms with E-state index in [9.17, 15) is 0 Å². The van der Waals surface area contributed by atoms with Gasteiger partial charge >= 0.3 is 0 Å². The highest BCUT2D eigenvalue weighted by Gasteiger charge is 2.63. The zero-order chi connectivity index (χ0) is 97.6. The number of hydrogen-bond acceptors (Lipinski definition) is 35. The van der Waals surface area contributed by atoms with E-state index in [1.54, 1.807) is 99.5 Å². The SMILES string of the molecule is COC[C@H]1O[C@H]2O[C@H]3[C@H](OCc4ccccc4)[C@@H](OC)[C@@H](O[C@H]4[C@H](OCc5ccccc5)[C@@H](OC)[C@@H](O[C@H]5[C@H](OCc6ccccc6)[C@@H](OC)[C@@H](O[C@H]6[C@H](OCc7ccccc7)[C@@H](OC)[C@@H](O[C@H]7[C@H](OCc8ccccc8)[C@@H](OC)[C@@H](O[C@H]8[C@H](OCc9ccccc9)[C@@H](OC)[C@@H](O[C@H]1[C@H](OCc1ccccc1)[C@H]2OC)O[C@@H]8COC)O[C@@H]7COC)O[C@@H]6COC)O[C@@H]5COC)O[C@@H]4COC)O[C@@H]3COC.